The van der Waals surface area contributed by atoms with E-state index in [1.807, 2.05) is 43.3 Å². The number of nitrogens with zero attached hydrogens (tertiary/aromatic N) is 4. The van der Waals surface area contributed by atoms with Crippen LogP contribution >= 0.6 is 23.1 Å². The number of nitrogens with one attached hydrogen (secondary N) is 1. The molecule has 34 heavy (non-hydrogen) atoms. The van der Waals surface area contributed by atoms with E-state index < -0.39 is 0 Å². The van der Waals surface area contributed by atoms with Crippen LogP contribution in [0.3, 0.4) is 0 Å². The molecule has 1 aliphatic rings. The molecular formula is C25H23N5O2S2. The average Bonchev–Trinajstić information content (AvgIpc) is 3.23. The minimum atomic E-state index is -0.285. The molecule has 5 rings (SSSR count). The molecule has 0 bridgehead atoms. The summed E-state index contributed by atoms with van der Waals surface area (Å²) in [6, 6.07) is 13.2. The number of pyridine rings is 1. The van der Waals surface area contributed by atoms with Crippen LogP contribution in [-0.4, -0.2) is 32.4 Å². The Bertz CT molecular complexity index is 1430. The molecule has 0 radical (unpaired) electrons. The summed E-state index contributed by atoms with van der Waals surface area (Å²) in [5.41, 5.74) is 6.11. The first-order valence-corrected chi connectivity index (χ1v) is 12.9. The van der Waals surface area contributed by atoms with Crippen LogP contribution in [-0.2, 0) is 17.6 Å². The first-order valence-electron chi connectivity index (χ1n) is 11.1. The van der Waals surface area contributed by atoms with Gasteiger partial charge in [-0.15, -0.1) is 11.3 Å². The molecule has 0 unspecified atom stereocenters. The van der Waals surface area contributed by atoms with Crippen molar-refractivity contribution >= 4 is 45.4 Å². The highest BCUT2D eigenvalue weighted by Gasteiger charge is 2.23. The largest absolute Gasteiger partial charge is 0.272 e. The van der Waals surface area contributed by atoms with Crippen molar-refractivity contribution in [3.8, 4) is 5.69 Å². The van der Waals surface area contributed by atoms with Crippen molar-refractivity contribution in [2.45, 2.75) is 37.8 Å². The summed E-state index contributed by atoms with van der Waals surface area (Å²) < 4.78 is 1.64. The summed E-state index contributed by atoms with van der Waals surface area (Å²) >= 11 is 2.84. The molecule has 3 aromatic heterocycles. The average molecular weight is 490 g/mol. The van der Waals surface area contributed by atoms with E-state index in [4.69, 9.17) is 4.98 Å². The van der Waals surface area contributed by atoms with Gasteiger partial charge in [0.25, 0.3) is 11.5 Å². The first kappa shape index (κ1) is 22.5. The van der Waals surface area contributed by atoms with E-state index in [1.54, 1.807) is 28.2 Å². The number of thioether (sulfide) groups is 1. The van der Waals surface area contributed by atoms with Crippen molar-refractivity contribution in [1.82, 2.24) is 20.0 Å². The zero-order chi connectivity index (χ0) is 23.5. The second kappa shape index (κ2) is 9.90. The highest BCUT2D eigenvalue weighted by molar-refractivity contribution is 7.99. The van der Waals surface area contributed by atoms with Crippen LogP contribution in [0.2, 0.25) is 0 Å². The molecule has 0 atom stereocenters. The number of benzene rings is 1. The van der Waals surface area contributed by atoms with Gasteiger partial charge < -0.3 is 0 Å². The van der Waals surface area contributed by atoms with Crippen molar-refractivity contribution in [3.63, 3.8) is 0 Å². The Morgan fingerprint density at radius 1 is 1.21 bits per heavy atom. The van der Waals surface area contributed by atoms with Crippen LogP contribution in [0.1, 0.15) is 34.5 Å². The molecule has 4 aromatic rings. The van der Waals surface area contributed by atoms with E-state index in [2.05, 4.69) is 15.5 Å². The van der Waals surface area contributed by atoms with E-state index in [1.165, 1.54) is 22.9 Å². The molecule has 1 aromatic carbocycles. The lowest BCUT2D eigenvalue weighted by Crippen LogP contribution is -2.24. The van der Waals surface area contributed by atoms with Crippen LogP contribution < -0.4 is 11.0 Å². The Balaban J connectivity index is 1.45. The van der Waals surface area contributed by atoms with Crippen LogP contribution in [0.4, 0.5) is 0 Å². The zero-order valence-corrected chi connectivity index (χ0v) is 20.3. The summed E-state index contributed by atoms with van der Waals surface area (Å²) in [5.74, 6) is -0.207. The molecular weight excluding hydrogens is 466 g/mol. The van der Waals surface area contributed by atoms with Gasteiger partial charge >= 0.3 is 0 Å². The second-order valence-electron chi connectivity index (χ2n) is 8.10. The van der Waals surface area contributed by atoms with Crippen LogP contribution in [0.15, 0.2) is 63.7 Å². The van der Waals surface area contributed by atoms with E-state index in [-0.39, 0.29) is 17.2 Å². The van der Waals surface area contributed by atoms with E-state index >= 15 is 0 Å². The predicted molar refractivity (Wildman–Crippen MR) is 137 cm³/mol. The number of aryl methyl sites for hydroxylation is 3. The Labute approximate surface area is 205 Å². The highest BCUT2D eigenvalue weighted by Crippen LogP contribution is 2.35. The third-order valence-corrected chi connectivity index (χ3v) is 7.78. The molecule has 3 heterocycles. The maximum Gasteiger partial charge on any atom is 0.267 e. The summed E-state index contributed by atoms with van der Waals surface area (Å²) in [5, 5.41) is 5.20. The molecule has 0 spiro atoms. The van der Waals surface area contributed by atoms with E-state index in [0.29, 0.717) is 10.9 Å². The van der Waals surface area contributed by atoms with Crippen molar-refractivity contribution in [3.05, 3.63) is 80.7 Å². The summed E-state index contributed by atoms with van der Waals surface area (Å²) in [6.45, 7) is 2.01. The molecule has 1 amide bonds. The predicted octanol–water partition coefficient (Wildman–Crippen LogP) is 4.27. The fourth-order valence-electron chi connectivity index (χ4n) is 3.99. The maximum atomic E-state index is 13.7. The third-order valence-electron chi connectivity index (χ3n) is 5.66. The number of rotatable bonds is 6. The van der Waals surface area contributed by atoms with Gasteiger partial charge in [0.15, 0.2) is 5.16 Å². The van der Waals surface area contributed by atoms with Crippen molar-refractivity contribution in [2.75, 3.05) is 5.75 Å². The van der Waals surface area contributed by atoms with Crippen LogP contribution in [0, 0.1) is 6.92 Å². The number of fused-ring (bicyclic) bond motifs is 3. The second-order valence-corrected chi connectivity index (χ2v) is 10.1. The lowest BCUT2D eigenvalue weighted by Gasteiger charge is -2.13. The zero-order valence-electron chi connectivity index (χ0n) is 18.7. The SMILES string of the molecule is Cc1ccc(-n2c(SCC(=O)NN=Cc3ccccn3)nc3sc4c(c3c2=O)CCCC4)cc1. The molecule has 0 saturated heterocycles. The first-order chi connectivity index (χ1) is 16.6. The molecule has 9 heteroatoms. The van der Waals surface area contributed by atoms with Gasteiger partial charge in [0, 0.05) is 11.1 Å². The van der Waals surface area contributed by atoms with Gasteiger partial charge in [-0.25, -0.2) is 10.4 Å². The Hall–Kier alpha value is -3.30. The van der Waals surface area contributed by atoms with Crippen molar-refractivity contribution in [1.29, 1.82) is 0 Å². The molecule has 0 saturated carbocycles. The Morgan fingerprint density at radius 2 is 2.03 bits per heavy atom. The number of aromatic nitrogens is 3. The van der Waals surface area contributed by atoms with E-state index in [9.17, 15) is 9.59 Å². The number of carbonyl (C=O) groups is 1. The monoisotopic (exact) mass is 489 g/mol. The van der Waals surface area contributed by atoms with Gasteiger partial charge in [0.05, 0.1) is 28.7 Å². The molecule has 7 nitrogen and oxygen atoms in total. The fraction of sp³-hybridized carbons (Fsp3) is 0.240. The standard InChI is InChI=1S/C25H23N5O2S2/c1-16-9-11-18(12-10-16)30-24(32)22-19-7-2-3-8-20(19)34-23(22)28-25(30)33-15-21(31)29-27-14-17-6-4-5-13-26-17/h4-6,9-14H,2-3,7-8,15H2,1H3,(H,29,31). The van der Waals surface area contributed by atoms with Gasteiger partial charge in [-0.2, -0.15) is 5.10 Å². The molecule has 0 aliphatic heterocycles. The number of amides is 1. The molecule has 0 fully saturated rings. The Kier molecular flexibility index (Phi) is 6.55. The van der Waals surface area contributed by atoms with Crippen LogP contribution in [0.5, 0.6) is 0 Å². The van der Waals surface area contributed by atoms with Crippen molar-refractivity contribution < 1.29 is 4.79 Å². The van der Waals surface area contributed by atoms with Gasteiger partial charge in [-0.1, -0.05) is 35.5 Å². The fourth-order valence-corrected chi connectivity index (χ4v) is 6.10. The maximum absolute atomic E-state index is 13.7. The van der Waals surface area contributed by atoms with Gasteiger partial charge in [-0.05, 0) is 62.4 Å². The molecule has 1 N–H and O–H groups in total. The smallest absolute Gasteiger partial charge is 0.267 e. The summed E-state index contributed by atoms with van der Waals surface area (Å²) in [7, 11) is 0. The molecule has 172 valence electrons. The van der Waals surface area contributed by atoms with Crippen LogP contribution in [0.25, 0.3) is 15.9 Å². The topological polar surface area (TPSA) is 89.2 Å². The number of hydrogen-bond donors (Lipinski definition) is 1. The van der Waals surface area contributed by atoms with Gasteiger partial charge in [0.2, 0.25) is 0 Å². The summed E-state index contributed by atoms with van der Waals surface area (Å²) in [6.07, 6.45) is 7.31. The highest BCUT2D eigenvalue weighted by atomic mass is 32.2. The van der Waals surface area contributed by atoms with E-state index in [0.717, 1.165) is 52.7 Å². The minimum absolute atomic E-state index is 0.0654. The number of carbonyl (C=O) groups excluding carboxylic acids is 1. The Morgan fingerprint density at radius 3 is 2.82 bits per heavy atom. The quantitative estimate of drug-likeness (QED) is 0.189. The number of thiophene rings is 1. The normalized spacial score (nSPS) is 13.3. The number of hydrogen-bond acceptors (Lipinski definition) is 7. The van der Waals surface area contributed by atoms with Gasteiger partial charge in [0.1, 0.15) is 4.83 Å². The van der Waals surface area contributed by atoms with Gasteiger partial charge in [-0.3, -0.25) is 19.1 Å². The third kappa shape index (κ3) is 4.67. The minimum Gasteiger partial charge on any atom is -0.272 e. The van der Waals surface area contributed by atoms with Crippen molar-refractivity contribution in [2.24, 2.45) is 5.10 Å². The summed E-state index contributed by atoms with van der Waals surface area (Å²) in [4.78, 5) is 37.2. The lowest BCUT2D eigenvalue weighted by molar-refractivity contribution is -0.118. The molecule has 1 aliphatic carbocycles. The lowest BCUT2D eigenvalue weighted by atomic mass is 9.97. The number of hydrazone groups is 1.